The number of unbranched alkanes of at least 4 members (excludes halogenated alkanes) is 3. The number of Topliss-reactive ketones (excluding diaryl/α,β-unsaturated/α-hetero) is 1. The number of rotatable bonds is 12. The number of methoxy groups -OCH3 is 1. The average Bonchev–Trinajstić information content (AvgIpc) is 2.76. The lowest BCUT2D eigenvalue weighted by molar-refractivity contribution is -0.136. The van der Waals surface area contributed by atoms with Crippen molar-refractivity contribution in [2.75, 3.05) is 19.5 Å². The van der Waals surface area contributed by atoms with E-state index in [-0.39, 0.29) is 16.5 Å². The Morgan fingerprint density at radius 1 is 1.17 bits per heavy atom. The molecule has 7 heteroatoms. The Morgan fingerprint density at radius 3 is 2.62 bits per heavy atom. The molecule has 2 rings (SSSR count). The second-order valence-corrected chi connectivity index (χ2v) is 7.70. The Balaban J connectivity index is 1.83. The Morgan fingerprint density at radius 2 is 1.93 bits per heavy atom. The molecule has 0 aromatic heterocycles. The van der Waals surface area contributed by atoms with Crippen molar-refractivity contribution in [1.82, 2.24) is 0 Å². The minimum Gasteiger partial charge on any atom is -0.482 e. The van der Waals surface area contributed by atoms with Crippen LogP contribution < -0.4 is 4.74 Å². The highest BCUT2D eigenvalue weighted by Crippen LogP contribution is 2.20. The lowest BCUT2D eigenvalue weighted by atomic mass is 10.2. The summed E-state index contributed by atoms with van der Waals surface area (Å²) in [6.07, 6.45) is 5.69. The van der Waals surface area contributed by atoms with E-state index in [1.807, 2.05) is 24.3 Å². The summed E-state index contributed by atoms with van der Waals surface area (Å²) in [5, 5.41) is 0.258. The monoisotopic (exact) mass is 419 g/mol. The van der Waals surface area contributed by atoms with Crippen molar-refractivity contribution >= 4 is 28.6 Å². The smallest absolute Gasteiger partial charge is 0.356 e. The number of benzene rings is 1. The fourth-order valence-electron chi connectivity index (χ4n) is 2.66. The molecule has 0 radical (unpaired) electrons. The van der Waals surface area contributed by atoms with E-state index >= 15 is 0 Å². The molecule has 1 atom stereocenters. The third-order valence-corrected chi connectivity index (χ3v) is 5.24. The van der Waals surface area contributed by atoms with Gasteiger partial charge in [-0.25, -0.2) is 9.79 Å². The van der Waals surface area contributed by atoms with Crippen molar-refractivity contribution in [1.29, 1.82) is 0 Å². The first-order valence-electron chi connectivity index (χ1n) is 9.92. The molecule has 0 saturated carbocycles. The highest BCUT2D eigenvalue weighted by molar-refractivity contribution is 8.15. The van der Waals surface area contributed by atoms with Crippen molar-refractivity contribution in [3.8, 4) is 5.75 Å². The van der Waals surface area contributed by atoms with Gasteiger partial charge >= 0.3 is 5.97 Å². The highest BCUT2D eigenvalue weighted by atomic mass is 32.2. The molecule has 1 aliphatic rings. The first kappa shape index (κ1) is 23.2. The summed E-state index contributed by atoms with van der Waals surface area (Å²) in [5.74, 6) is 0.286. The molecular weight excluding hydrogens is 390 g/mol. The number of thioether (sulfide) groups is 1. The first-order chi connectivity index (χ1) is 14.0. The van der Waals surface area contributed by atoms with Crippen LogP contribution in [0, 0.1) is 0 Å². The number of carbonyl (C=O) groups excluding carboxylic acids is 2. The zero-order valence-corrected chi connectivity index (χ0v) is 18.1. The Kier molecular flexibility index (Phi) is 9.94. The second-order valence-electron chi connectivity index (χ2n) is 6.69. The SMILES string of the molecule is CCCCCCOCc1ccc(OC(C)C(=O)C2=NC(C(=O)OC)=CCS2)cc1. The van der Waals surface area contributed by atoms with E-state index in [1.165, 1.54) is 38.1 Å². The van der Waals surface area contributed by atoms with Crippen LogP contribution in [0.1, 0.15) is 45.1 Å². The van der Waals surface area contributed by atoms with Gasteiger partial charge in [0.25, 0.3) is 0 Å². The van der Waals surface area contributed by atoms with E-state index in [0.717, 1.165) is 18.6 Å². The molecule has 0 amide bonds. The normalized spacial score (nSPS) is 14.6. The van der Waals surface area contributed by atoms with E-state index < -0.39 is 12.1 Å². The van der Waals surface area contributed by atoms with Gasteiger partial charge < -0.3 is 14.2 Å². The predicted octanol–water partition coefficient (Wildman–Crippen LogP) is 4.32. The molecule has 0 N–H and O–H groups in total. The van der Waals surface area contributed by atoms with Crippen LogP contribution in [0.3, 0.4) is 0 Å². The van der Waals surface area contributed by atoms with Gasteiger partial charge in [-0.2, -0.15) is 0 Å². The molecule has 1 aliphatic heterocycles. The van der Waals surface area contributed by atoms with Crippen LogP contribution in [0.4, 0.5) is 0 Å². The third kappa shape index (κ3) is 7.66. The number of esters is 1. The summed E-state index contributed by atoms with van der Waals surface area (Å²) >= 11 is 1.28. The fourth-order valence-corrected chi connectivity index (χ4v) is 3.53. The van der Waals surface area contributed by atoms with E-state index in [2.05, 4.69) is 16.7 Å². The van der Waals surface area contributed by atoms with E-state index in [0.29, 0.717) is 18.1 Å². The van der Waals surface area contributed by atoms with Crippen LogP contribution in [-0.4, -0.2) is 42.4 Å². The standard InChI is InChI=1S/C22H29NO5S/c1-4-5-6-7-13-27-15-17-8-10-18(11-9-17)28-16(2)20(24)21-23-19(12-14-29-21)22(25)26-3/h8-12,16H,4-7,13-15H2,1-3H3. The molecule has 0 fully saturated rings. The largest absolute Gasteiger partial charge is 0.482 e. The van der Waals surface area contributed by atoms with Gasteiger partial charge in [0, 0.05) is 12.4 Å². The van der Waals surface area contributed by atoms with Gasteiger partial charge in [-0.1, -0.05) is 50.1 Å². The van der Waals surface area contributed by atoms with Gasteiger partial charge in [0.05, 0.1) is 13.7 Å². The van der Waals surface area contributed by atoms with Gasteiger partial charge in [0.15, 0.2) is 6.10 Å². The molecule has 0 spiro atoms. The molecule has 0 aliphatic carbocycles. The maximum absolute atomic E-state index is 12.6. The molecule has 158 valence electrons. The second kappa shape index (κ2) is 12.4. The fraction of sp³-hybridized carbons (Fsp3) is 0.500. The van der Waals surface area contributed by atoms with Gasteiger partial charge in [0.1, 0.15) is 16.5 Å². The van der Waals surface area contributed by atoms with Gasteiger partial charge in [-0.05, 0) is 37.1 Å². The van der Waals surface area contributed by atoms with E-state index in [1.54, 1.807) is 13.0 Å². The number of ether oxygens (including phenoxy) is 3. The van der Waals surface area contributed by atoms with Gasteiger partial charge in [-0.15, -0.1) is 0 Å². The molecule has 1 unspecified atom stereocenters. The minimum atomic E-state index is -0.709. The molecule has 1 aromatic rings. The first-order valence-corrected chi connectivity index (χ1v) is 10.9. The third-order valence-electron chi connectivity index (χ3n) is 4.34. The summed E-state index contributed by atoms with van der Waals surface area (Å²) in [6, 6.07) is 7.53. The lowest BCUT2D eigenvalue weighted by Gasteiger charge is -2.16. The molecule has 29 heavy (non-hydrogen) atoms. The number of hydrogen-bond donors (Lipinski definition) is 0. The Labute approximate surface area is 176 Å². The molecule has 0 bridgehead atoms. The number of hydrogen-bond acceptors (Lipinski definition) is 7. The summed E-state index contributed by atoms with van der Waals surface area (Å²) in [4.78, 5) is 28.3. The van der Waals surface area contributed by atoms with Crippen molar-refractivity contribution in [3.63, 3.8) is 0 Å². The minimum absolute atomic E-state index is 0.154. The van der Waals surface area contributed by atoms with Crippen LogP contribution in [0.15, 0.2) is 41.0 Å². The van der Waals surface area contributed by atoms with Gasteiger partial charge in [-0.3, -0.25) is 4.79 Å². The summed E-state index contributed by atoms with van der Waals surface area (Å²) in [7, 11) is 1.29. The number of nitrogens with zero attached hydrogens (tertiary/aromatic N) is 1. The number of ketones is 1. The van der Waals surface area contributed by atoms with E-state index in [4.69, 9.17) is 9.47 Å². The maximum atomic E-state index is 12.6. The van der Waals surface area contributed by atoms with Crippen LogP contribution in [0.5, 0.6) is 5.75 Å². The quantitative estimate of drug-likeness (QED) is 0.371. The molecule has 0 saturated heterocycles. The zero-order chi connectivity index (χ0) is 21.1. The van der Waals surface area contributed by atoms with Crippen LogP contribution in [0.25, 0.3) is 0 Å². The van der Waals surface area contributed by atoms with Crippen molar-refractivity contribution in [2.45, 2.75) is 52.2 Å². The van der Waals surface area contributed by atoms with Crippen LogP contribution in [-0.2, 0) is 25.7 Å². The van der Waals surface area contributed by atoms with E-state index in [9.17, 15) is 9.59 Å². The average molecular weight is 420 g/mol. The van der Waals surface area contributed by atoms with Crippen molar-refractivity contribution < 1.29 is 23.8 Å². The Hall–Kier alpha value is -2.12. The van der Waals surface area contributed by atoms with Crippen LogP contribution in [0.2, 0.25) is 0 Å². The molecule has 6 nitrogen and oxygen atoms in total. The summed E-state index contributed by atoms with van der Waals surface area (Å²) < 4.78 is 16.1. The maximum Gasteiger partial charge on any atom is 0.356 e. The van der Waals surface area contributed by atoms with Gasteiger partial charge in [0.2, 0.25) is 5.78 Å². The molecule has 1 aromatic carbocycles. The zero-order valence-electron chi connectivity index (χ0n) is 17.3. The van der Waals surface area contributed by atoms with Crippen molar-refractivity contribution in [2.24, 2.45) is 4.99 Å². The van der Waals surface area contributed by atoms with Crippen molar-refractivity contribution in [3.05, 3.63) is 41.6 Å². The summed E-state index contributed by atoms with van der Waals surface area (Å²) in [5.41, 5.74) is 1.22. The lowest BCUT2D eigenvalue weighted by Crippen LogP contribution is -2.30. The van der Waals surface area contributed by atoms with Crippen LogP contribution >= 0.6 is 11.8 Å². The molecule has 1 heterocycles. The highest BCUT2D eigenvalue weighted by Gasteiger charge is 2.25. The predicted molar refractivity (Wildman–Crippen MR) is 115 cm³/mol. The number of aliphatic imine (C=N–C) groups is 1. The molecular formula is C22H29NO5S. The number of carbonyl (C=O) groups is 2. The summed E-state index contributed by atoms with van der Waals surface area (Å²) in [6.45, 7) is 5.20. The topological polar surface area (TPSA) is 74.2 Å². The Bertz CT molecular complexity index is 742.